The van der Waals surface area contributed by atoms with Gasteiger partial charge >= 0.3 is 5.97 Å². The first-order valence-electron chi connectivity index (χ1n) is 4.74. The molecule has 0 aromatic carbocycles. The van der Waals surface area contributed by atoms with Crippen LogP contribution in [0.15, 0.2) is 0 Å². The maximum absolute atomic E-state index is 11.6. The number of nitrogens with two attached hydrogens (primary N) is 1. The zero-order valence-electron chi connectivity index (χ0n) is 8.63. The summed E-state index contributed by atoms with van der Waals surface area (Å²) in [5.74, 6) is -1.25. The largest absolute Gasteiger partial charge is 0.480 e. The Kier molecular flexibility index (Phi) is 4.62. The van der Waals surface area contributed by atoms with Crippen molar-refractivity contribution < 1.29 is 23.1 Å². The first-order chi connectivity index (χ1) is 7.43. The van der Waals surface area contributed by atoms with E-state index in [2.05, 4.69) is 4.72 Å². The molecule has 1 rings (SSSR count). The summed E-state index contributed by atoms with van der Waals surface area (Å²) in [6, 6.07) is -1.24. The second-order valence-electron chi connectivity index (χ2n) is 3.31. The molecule has 0 amide bonds. The molecule has 1 fully saturated rings. The van der Waals surface area contributed by atoms with Crippen LogP contribution in [0.1, 0.15) is 0 Å². The molecule has 1 aliphatic heterocycles. The van der Waals surface area contributed by atoms with Crippen LogP contribution in [0.3, 0.4) is 0 Å². The van der Waals surface area contributed by atoms with Crippen LogP contribution in [0.25, 0.3) is 0 Å². The van der Waals surface area contributed by atoms with Crippen molar-refractivity contribution in [3.63, 3.8) is 0 Å². The number of aliphatic carboxylic acids is 1. The molecule has 0 aromatic rings. The average Bonchev–Trinajstić information content (AvgIpc) is 2.27. The first kappa shape index (κ1) is 13.3. The lowest BCUT2D eigenvalue weighted by Crippen LogP contribution is -2.50. The third-order valence-corrected chi connectivity index (χ3v) is 3.69. The van der Waals surface area contributed by atoms with E-state index >= 15 is 0 Å². The van der Waals surface area contributed by atoms with Crippen molar-refractivity contribution in [2.24, 2.45) is 5.73 Å². The smallest absolute Gasteiger partial charge is 0.321 e. The molecule has 16 heavy (non-hydrogen) atoms. The Labute approximate surface area is 93.5 Å². The fourth-order valence-electron chi connectivity index (χ4n) is 1.16. The molecular formula is C7H15N3O5S. The minimum Gasteiger partial charge on any atom is -0.480 e. The molecule has 4 N–H and O–H groups in total. The minimum atomic E-state index is -3.65. The Morgan fingerprint density at radius 1 is 1.50 bits per heavy atom. The van der Waals surface area contributed by atoms with E-state index in [1.54, 1.807) is 0 Å². The van der Waals surface area contributed by atoms with Gasteiger partial charge in [0.15, 0.2) is 0 Å². The van der Waals surface area contributed by atoms with Crippen molar-refractivity contribution >= 4 is 16.2 Å². The van der Waals surface area contributed by atoms with Gasteiger partial charge in [-0.05, 0) is 0 Å². The number of nitrogens with one attached hydrogen (secondary N) is 1. The lowest BCUT2D eigenvalue weighted by Gasteiger charge is -2.26. The maximum Gasteiger partial charge on any atom is 0.321 e. The first-order valence-corrected chi connectivity index (χ1v) is 6.18. The average molecular weight is 253 g/mol. The van der Waals surface area contributed by atoms with Gasteiger partial charge in [-0.3, -0.25) is 4.79 Å². The van der Waals surface area contributed by atoms with Gasteiger partial charge in [-0.2, -0.15) is 17.4 Å². The standard InChI is InChI=1S/C7H15N3O5S/c8-6(7(11)12)5-9-16(13,14)10-1-3-15-4-2-10/h6,9H,1-5,8H2,(H,11,12). The molecular weight excluding hydrogens is 238 g/mol. The monoisotopic (exact) mass is 253 g/mol. The van der Waals surface area contributed by atoms with E-state index in [-0.39, 0.29) is 19.6 Å². The summed E-state index contributed by atoms with van der Waals surface area (Å²) in [6.45, 7) is 0.877. The Bertz CT molecular complexity index is 338. The predicted octanol–water partition coefficient (Wildman–Crippen LogP) is -2.44. The molecule has 8 nitrogen and oxygen atoms in total. The summed E-state index contributed by atoms with van der Waals surface area (Å²) in [5, 5.41) is 8.50. The highest BCUT2D eigenvalue weighted by atomic mass is 32.2. The number of hydrogen-bond donors (Lipinski definition) is 3. The molecule has 1 atom stereocenters. The molecule has 1 heterocycles. The molecule has 0 saturated carbocycles. The van der Waals surface area contributed by atoms with Crippen LogP contribution >= 0.6 is 0 Å². The van der Waals surface area contributed by atoms with Crippen molar-refractivity contribution in [1.29, 1.82) is 0 Å². The molecule has 1 aliphatic rings. The number of carboxylic acids is 1. The molecule has 0 spiro atoms. The van der Waals surface area contributed by atoms with Crippen LogP contribution in [-0.4, -0.2) is 62.7 Å². The Balaban J connectivity index is 2.47. The highest BCUT2D eigenvalue weighted by molar-refractivity contribution is 7.87. The van der Waals surface area contributed by atoms with Gasteiger partial charge in [0.25, 0.3) is 10.2 Å². The van der Waals surface area contributed by atoms with Crippen molar-refractivity contribution in [2.45, 2.75) is 6.04 Å². The molecule has 1 unspecified atom stereocenters. The summed E-state index contributed by atoms with van der Waals surface area (Å²) < 4.78 is 31.6. The Morgan fingerprint density at radius 2 is 2.06 bits per heavy atom. The number of morpholine rings is 1. The van der Waals surface area contributed by atoms with Gasteiger partial charge in [0.1, 0.15) is 6.04 Å². The highest BCUT2D eigenvalue weighted by Crippen LogP contribution is 2.02. The van der Waals surface area contributed by atoms with Crippen LogP contribution in [0.4, 0.5) is 0 Å². The predicted molar refractivity (Wildman–Crippen MR) is 54.9 cm³/mol. The third kappa shape index (κ3) is 3.68. The lowest BCUT2D eigenvalue weighted by atomic mass is 10.3. The molecule has 0 bridgehead atoms. The number of nitrogens with zero attached hydrogens (tertiary/aromatic N) is 1. The second kappa shape index (κ2) is 5.55. The number of rotatable bonds is 5. The lowest BCUT2D eigenvalue weighted by molar-refractivity contribution is -0.138. The van der Waals surface area contributed by atoms with Crippen LogP contribution in [0.5, 0.6) is 0 Å². The van der Waals surface area contributed by atoms with E-state index in [1.165, 1.54) is 4.31 Å². The maximum atomic E-state index is 11.6. The summed E-state index contributed by atoms with van der Waals surface area (Å²) in [4.78, 5) is 10.4. The van der Waals surface area contributed by atoms with Gasteiger partial charge in [-0.1, -0.05) is 0 Å². The minimum absolute atomic E-state index is 0.262. The zero-order valence-corrected chi connectivity index (χ0v) is 9.44. The number of ether oxygens (including phenoxy) is 1. The van der Waals surface area contributed by atoms with Crippen LogP contribution in [0.2, 0.25) is 0 Å². The van der Waals surface area contributed by atoms with Gasteiger partial charge < -0.3 is 15.6 Å². The van der Waals surface area contributed by atoms with Crippen LogP contribution in [0, 0.1) is 0 Å². The number of carboxylic acid groups (broad SMARTS) is 1. The summed E-state index contributed by atoms with van der Waals surface area (Å²) in [6.07, 6.45) is 0. The van der Waals surface area contributed by atoms with Crippen molar-refractivity contribution in [1.82, 2.24) is 9.03 Å². The molecule has 0 radical (unpaired) electrons. The van der Waals surface area contributed by atoms with Crippen molar-refractivity contribution in [3.8, 4) is 0 Å². The van der Waals surface area contributed by atoms with Crippen LogP contribution < -0.4 is 10.5 Å². The SMILES string of the molecule is NC(CNS(=O)(=O)N1CCOCC1)C(=O)O. The van der Waals surface area contributed by atoms with Crippen molar-refractivity contribution in [2.75, 3.05) is 32.8 Å². The molecule has 0 aromatic heterocycles. The van der Waals surface area contributed by atoms with Gasteiger partial charge in [0, 0.05) is 19.6 Å². The van der Waals surface area contributed by atoms with Gasteiger partial charge in [0.05, 0.1) is 13.2 Å². The fraction of sp³-hybridized carbons (Fsp3) is 0.857. The molecule has 9 heteroatoms. The topological polar surface area (TPSA) is 122 Å². The van der Waals surface area contributed by atoms with E-state index in [0.29, 0.717) is 13.2 Å². The highest BCUT2D eigenvalue weighted by Gasteiger charge is 2.25. The zero-order chi connectivity index (χ0) is 12.2. The Morgan fingerprint density at radius 3 is 2.56 bits per heavy atom. The number of hydrogen-bond acceptors (Lipinski definition) is 5. The molecule has 1 saturated heterocycles. The third-order valence-electron chi connectivity index (χ3n) is 2.11. The van der Waals surface area contributed by atoms with E-state index < -0.39 is 22.2 Å². The van der Waals surface area contributed by atoms with E-state index in [9.17, 15) is 13.2 Å². The van der Waals surface area contributed by atoms with Gasteiger partial charge in [0.2, 0.25) is 0 Å². The second-order valence-corrected chi connectivity index (χ2v) is 5.06. The summed E-state index contributed by atoms with van der Waals surface area (Å²) >= 11 is 0. The normalized spacial score (nSPS) is 20.6. The number of carbonyl (C=O) groups is 1. The van der Waals surface area contributed by atoms with E-state index in [4.69, 9.17) is 15.6 Å². The van der Waals surface area contributed by atoms with Crippen LogP contribution in [-0.2, 0) is 19.7 Å². The van der Waals surface area contributed by atoms with Gasteiger partial charge in [-0.25, -0.2) is 0 Å². The van der Waals surface area contributed by atoms with E-state index in [1.807, 2.05) is 0 Å². The molecule has 0 aliphatic carbocycles. The molecule has 94 valence electrons. The van der Waals surface area contributed by atoms with Gasteiger partial charge in [-0.15, -0.1) is 0 Å². The van der Waals surface area contributed by atoms with Crippen molar-refractivity contribution in [3.05, 3.63) is 0 Å². The fourth-order valence-corrected chi connectivity index (χ4v) is 2.36. The summed E-state index contributed by atoms with van der Waals surface area (Å²) in [7, 11) is -3.65. The quantitative estimate of drug-likeness (QED) is 0.500. The van der Waals surface area contributed by atoms with E-state index in [0.717, 1.165) is 0 Å². The summed E-state index contributed by atoms with van der Waals surface area (Å²) in [5.41, 5.74) is 5.18. The Hall–Kier alpha value is -0.740.